The highest BCUT2D eigenvalue weighted by atomic mass is 32.1. The van der Waals surface area contributed by atoms with E-state index in [1.807, 2.05) is 6.07 Å². The second-order valence-electron chi connectivity index (χ2n) is 2.74. The minimum absolute atomic E-state index is 0.914. The van der Waals surface area contributed by atoms with Gasteiger partial charge in [0.15, 0.2) is 0 Å². The molecule has 12 heavy (non-hydrogen) atoms. The first kappa shape index (κ1) is 7.62. The van der Waals surface area contributed by atoms with Gasteiger partial charge in [-0.25, -0.2) is 0 Å². The summed E-state index contributed by atoms with van der Waals surface area (Å²) >= 11 is 1.79. The van der Waals surface area contributed by atoms with Crippen LogP contribution in [0.5, 0.6) is 0 Å². The van der Waals surface area contributed by atoms with Crippen molar-refractivity contribution < 1.29 is 4.42 Å². The maximum Gasteiger partial charge on any atom is 0.135 e. The molecule has 0 N–H and O–H groups in total. The van der Waals surface area contributed by atoms with Crippen molar-refractivity contribution in [2.45, 2.75) is 13.8 Å². The molecule has 0 fully saturated rings. The van der Waals surface area contributed by atoms with Crippen LogP contribution in [0.2, 0.25) is 0 Å². The molecule has 0 unspecified atom stereocenters. The Labute approximate surface area is 75.7 Å². The molecule has 1 radical (unpaired) electrons. The van der Waals surface area contributed by atoms with E-state index in [2.05, 4.69) is 26.0 Å². The fourth-order valence-electron chi connectivity index (χ4n) is 1.26. The van der Waals surface area contributed by atoms with E-state index in [0.29, 0.717) is 0 Å². The first-order chi connectivity index (χ1) is 5.77. The van der Waals surface area contributed by atoms with Crippen molar-refractivity contribution >= 4 is 11.3 Å². The van der Waals surface area contributed by atoms with Gasteiger partial charge in [-0.05, 0) is 26.0 Å². The van der Waals surface area contributed by atoms with Crippen LogP contribution < -0.4 is 0 Å². The molecule has 2 heterocycles. The Morgan fingerprint density at radius 1 is 1.42 bits per heavy atom. The maximum atomic E-state index is 5.26. The predicted octanol–water partition coefficient (Wildman–Crippen LogP) is 3.43. The van der Waals surface area contributed by atoms with Gasteiger partial charge in [-0.15, -0.1) is 11.3 Å². The van der Waals surface area contributed by atoms with Crippen molar-refractivity contribution in [3.8, 4) is 11.3 Å². The molecule has 61 valence electrons. The fourth-order valence-corrected chi connectivity index (χ4v) is 2.19. The molecule has 2 rings (SSSR count). The zero-order valence-corrected chi connectivity index (χ0v) is 7.87. The third-order valence-electron chi connectivity index (χ3n) is 1.77. The van der Waals surface area contributed by atoms with Gasteiger partial charge in [-0.1, -0.05) is 0 Å². The van der Waals surface area contributed by atoms with Gasteiger partial charge in [0.05, 0.1) is 6.26 Å². The smallest absolute Gasteiger partial charge is 0.135 e. The number of hydrogen-bond donors (Lipinski definition) is 0. The standard InChI is InChI=1S/C10H9OS/c1-7-6-9(8(2)12-7)10-4-3-5-11-10/h4-6H,1-2H3. The first-order valence-electron chi connectivity index (χ1n) is 3.79. The quantitative estimate of drug-likeness (QED) is 0.650. The summed E-state index contributed by atoms with van der Waals surface area (Å²) in [6.45, 7) is 4.21. The summed E-state index contributed by atoms with van der Waals surface area (Å²) in [5.74, 6) is 0.914. The van der Waals surface area contributed by atoms with Crippen molar-refractivity contribution in [2.24, 2.45) is 0 Å². The Bertz CT molecular complexity index is 370. The van der Waals surface area contributed by atoms with Crippen molar-refractivity contribution in [3.63, 3.8) is 0 Å². The van der Waals surface area contributed by atoms with Crippen LogP contribution in [0.1, 0.15) is 9.75 Å². The molecule has 0 aromatic carbocycles. The van der Waals surface area contributed by atoms with Crippen molar-refractivity contribution in [1.82, 2.24) is 0 Å². The van der Waals surface area contributed by atoms with E-state index >= 15 is 0 Å². The molecule has 0 saturated heterocycles. The van der Waals surface area contributed by atoms with Gasteiger partial charge in [-0.2, -0.15) is 0 Å². The Balaban J connectivity index is 2.54. The number of hydrogen-bond acceptors (Lipinski definition) is 2. The van der Waals surface area contributed by atoms with Crippen LogP contribution in [0, 0.1) is 19.9 Å². The van der Waals surface area contributed by atoms with Crippen LogP contribution in [0.3, 0.4) is 0 Å². The van der Waals surface area contributed by atoms with Crippen molar-refractivity contribution in [2.75, 3.05) is 0 Å². The fraction of sp³-hybridized carbons (Fsp3) is 0.200. The monoisotopic (exact) mass is 177 g/mol. The third kappa shape index (κ3) is 1.18. The molecule has 0 bridgehead atoms. The SMILES string of the molecule is Cc1cc(-c2c[c]co2)c(C)s1. The Kier molecular flexibility index (Phi) is 1.77. The van der Waals surface area contributed by atoms with E-state index in [1.54, 1.807) is 17.6 Å². The molecule has 0 aliphatic carbocycles. The number of rotatable bonds is 1. The molecule has 0 aliphatic rings. The summed E-state index contributed by atoms with van der Waals surface area (Å²) in [5.41, 5.74) is 1.19. The molecule has 0 saturated carbocycles. The summed E-state index contributed by atoms with van der Waals surface area (Å²) in [6.07, 6.45) is 1.59. The Morgan fingerprint density at radius 2 is 2.25 bits per heavy atom. The van der Waals surface area contributed by atoms with E-state index in [0.717, 1.165) is 5.76 Å². The van der Waals surface area contributed by atoms with E-state index in [4.69, 9.17) is 4.42 Å². The van der Waals surface area contributed by atoms with E-state index in [1.165, 1.54) is 15.3 Å². The molecule has 0 atom stereocenters. The second kappa shape index (κ2) is 2.79. The summed E-state index contributed by atoms with van der Waals surface area (Å²) in [7, 11) is 0. The van der Waals surface area contributed by atoms with Crippen LogP contribution >= 0.6 is 11.3 Å². The van der Waals surface area contributed by atoms with E-state index in [-0.39, 0.29) is 0 Å². The summed E-state index contributed by atoms with van der Waals surface area (Å²) in [4.78, 5) is 2.62. The minimum Gasteiger partial charge on any atom is -0.464 e. The van der Waals surface area contributed by atoms with Crippen LogP contribution in [-0.4, -0.2) is 0 Å². The molecular formula is C10H9OS. The van der Waals surface area contributed by atoms with Crippen LogP contribution in [0.4, 0.5) is 0 Å². The van der Waals surface area contributed by atoms with Crippen LogP contribution in [-0.2, 0) is 0 Å². The lowest BCUT2D eigenvalue weighted by molar-refractivity contribution is 0.582. The van der Waals surface area contributed by atoms with Crippen LogP contribution in [0.15, 0.2) is 22.8 Å². The molecule has 2 aromatic rings. The largest absolute Gasteiger partial charge is 0.464 e. The van der Waals surface area contributed by atoms with Gasteiger partial charge in [0.25, 0.3) is 0 Å². The highest BCUT2D eigenvalue weighted by Gasteiger charge is 2.06. The van der Waals surface area contributed by atoms with Gasteiger partial charge >= 0.3 is 0 Å². The average Bonchev–Trinajstić information content (AvgIpc) is 2.58. The maximum absolute atomic E-state index is 5.26. The zero-order valence-electron chi connectivity index (χ0n) is 7.05. The van der Waals surface area contributed by atoms with Gasteiger partial charge in [-0.3, -0.25) is 0 Å². The third-order valence-corrected chi connectivity index (χ3v) is 2.74. The van der Waals surface area contributed by atoms with Gasteiger partial charge in [0.1, 0.15) is 5.76 Å². The highest BCUT2D eigenvalue weighted by Crippen LogP contribution is 2.30. The van der Waals surface area contributed by atoms with Crippen molar-refractivity contribution in [1.29, 1.82) is 0 Å². The lowest BCUT2D eigenvalue weighted by Gasteiger charge is -1.91. The first-order valence-corrected chi connectivity index (χ1v) is 4.61. The summed E-state index contributed by atoms with van der Waals surface area (Å²) < 4.78 is 5.26. The van der Waals surface area contributed by atoms with E-state index < -0.39 is 0 Å². The molecule has 0 amide bonds. The topological polar surface area (TPSA) is 13.1 Å². The van der Waals surface area contributed by atoms with Crippen molar-refractivity contribution in [3.05, 3.63) is 34.2 Å². The summed E-state index contributed by atoms with van der Waals surface area (Å²) in [6, 6.07) is 6.92. The normalized spacial score (nSPS) is 10.5. The lowest BCUT2D eigenvalue weighted by Crippen LogP contribution is -1.69. The zero-order chi connectivity index (χ0) is 8.55. The van der Waals surface area contributed by atoms with Gasteiger partial charge in [0, 0.05) is 21.4 Å². The minimum atomic E-state index is 0.914. The highest BCUT2D eigenvalue weighted by molar-refractivity contribution is 7.12. The lowest BCUT2D eigenvalue weighted by atomic mass is 10.2. The number of furan rings is 1. The molecule has 1 nitrogen and oxygen atoms in total. The summed E-state index contributed by atoms with van der Waals surface area (Å²) in [5, 5.41) is 0. The second-order valence-corrected chi connectivity index (χ2v) is 4.20. The van der Waals surface area contributed by atoms with E-state index in [9.17, 15) is 0 Å². The number of thiophene rings is 1. The predicted molar refractivity (Wildman–Crippen MR) is 50.3 cm³/mol. The Morgan fingerprint density at radius 3 is 2.75 bits per heavy atom. The molecule has 2 aromatic heterocycles. The van der Waals surface area contributed by atoms with Gasteiger partial charge in [0.2, 0.25) is 0 Å². The molecule has 0 aliphatic heterocycles. The molecular weight excluding hydrogens is 168 g/mol. The molecule has 2 heteroatoms. The number of aryl methyl sites for hydroxylation is 2. The average molecular weight is 177 g/mol. The van der Waals surface area contributed by atoms with Gasteiger partial charge < -0.3 is 4.42 Å². The Hall–Kier alpha value is -1.02. The molecule has 0 spiro atoms. The van der Waals surface area contributed by atoms with Crippen LogP contribution in [0.25, 0.3) is 11.3 Å².